The number of hydrogen-bond donors (Lipinski definition) is 2. The van der Waals surface area contributed by atoms with Gasteiger partial charge in [-0.05, 0) is 25.3 Å². The summed E-state index contributed by atoms with van der Waals surface area (Å²) >= 11 is 0. The molecule has 8 heteroatoms. The van der Waals surface area contributed by atoms with Crippen LogP contribution < -0.4 is 15.5 Å². The van der Waals surface area contributed by atoms with Crippen LogP contribution >= 0.6 is 0 Å². The van der Waals surface area contributed by atoms with Crippen LogP contribution in [0.25, 0.3) is 0 Å². The van der Waals surface area contributed by atoms with E-state index in [4.69, 9.17) is 0 Å². The Morgan fingerprint density at radius 2 is 2.17 bits per heavy atom. The van der Waals surface area contributed by atoms with E-state index in [1.165, 1.54) is 0 Å². The zero-order valence-corrected chi connectivity index (χ0v) is 13.6. The SMILES string of the molecule is O=C(NCCCn1ccnc1)N[C@@H]1CCCN(c2ncccn2)C1. The number of nitrogens with one attached hydrogen (secondary N) is 2. The minimum atomic E-state index is -0.110. The highest BCUT2D eigenvalue weighted by Crippen LogP contribution is 2.15. The Bertz CT molecular complexity index is 617. The second-order valence-electron chi connectivity index (χ2n) is 5.89. The van der Waals surface area contributed by atoms with Crippen LogP contribution in [-0.4, -0.2) is 51.2 Å². The lowest BCUT2D eigenvalue weighted by atomic mass is 10.1. The van der Waals surface area contributed by atoms with Gasteiger partial charge in [-0.15, -0.1) is 0 Å². The quantitative estimate of drug-likeness (QED) is 0.773. The largest absolute Gasteiger partial charge is 0.339 e. The van der Waals surface area contributed by atoms with Gasteiger partial charge in [-0.3, -0.25) is 0 Å². The van der Waals surface area contributed by atoms with Crippen molar-refractivity contribution in [2.75, 3.05) is 24.5 Å². The number of anilines is 1. The molecule has 0 saturated carbocycles. The number of hydrogen-bond acceptors (Lipinski definition) is 5. The molecule has 1 atom stereocenters. The number of carbonyl (C=O) groups is 1. The first kappa shape index (κ1) is 16.2. The molecule has 8 nitrogen and oxygen atoms in total. The van der Waals surface area contributed by atoms with Gasteiger partial charge >= 0.3 is 6.03 Å². The van der Waals surface area contributed by atoms with Gasteiger partial charge in [0.25, 0.3) is 0 Å². The second-order valence-corrected chi connectivity index (χ2v) is 5.89. The monoisotopic (exact) mass is 329 g/mol. The molecule has 0 unspecified atom stereocenters. The van der Waals surface area contributed by atoms with Crippen LogP contribution in [0.4, 0.5) is 10.7 Å². The van der Waals surface area contributed by atoms with Crippen LogP contribution in [0.1, 0.15) is 19.3 Å². The second kappa shape index (κ2) is 8.28. The number of nitrogens with zero attached hydrogens (tertiary/aromatic N) is 5. The van der Waals surface area contributed by atoms with E-state index in [-0.39, 0.29) is 12.1 Å². The molecule has 3 heterocycles. The molecule has 0 spiro atoms. The molecule has 24 heavy (non-hydrogen) atoms. The van der Waals surface area contributed by atoms with Gasteiger partial charge in [0.2, 0.25) is 5.95 Å². The molecule has 1 aliphatic rings. The van der Waals surface area contributed by atoms with E-state index in [9.17, 15) is 4.79 Å². The van der Waals surface area contributed by atoms with Crippen LogP contribution in [0, 0.1) is 0 Å². The topological polar surface area (TPSA) is 88.0 Å². The third-order valence-corrected chi connectivity index (χ3v) is 4.03. The first-order valence-corrected chi connectivity index (χ1v) is 8.33. The first-order valence-electron chi connectivity index (χ1n) is 8.33. The average molecular weight is 329 g/mol. The molecule has 1 fully saturated rings. The molecule has 0 bridgehead atoms. The summed E-state index contributed by atoms with van der Waals surface area (Å²) in [5.74, 6) is 0.727. The molecule has 3 rings (SSSR count). The van der Waals surface area contributed by atoms with Gasteiger partial charge in [0, 0.05) is 57.0 Å². The highest BCUT2D eigenvalue weighted by atomic mass is 16.2. The number of urea groups is 1. The summed E-state index contributed by atoms with van der Waals surface area (Å²) in [5.41, 5.74) is 0. The van der Waals surface area contributed by atoms with Gasteiger partial charge in [0.1, 0.15) is 0 Å². The van der Waals surface area contributed by atoms with Gasteiger partial charge in [0.05, 0.1) is 6.33 Å². The Morgan fingerprint density at radius 1 is 1.29 bits per heavy atom. The lowest BCUT2D eigenvalue weighted by Gasteiger charge is -2.33. The summed E-state index contributed by atoms with van der Waals surface area (Å²) in [7, 11) is 0. The van der Waals surface area contributed by atoms with E-state index < -0.39 is 0 Å². The fourth-order valence-corrected chi connectivity index (χ4v) is 2.85. The van der Waals surface area contributed by atoms with Gasteiger partial charge in [-0.25, -0.2) is 19.7 Å². The minimum absolute atomic E-state index is 0.110. The third-order valence-electron chi connectivity index (χ3n) is 4.03. The van der Waals surface area contributed by atoms with Crippen LogP contribution in [0.3, 0.4) is 0 Å². The Kier molecular flexibility index (Phi) is 5.60. The zero-order chi connectivity index (χ0) is 16.6. The number of carbonyl (C=O) groups excluding carboxylic acids is 1. The maximum absolute atomic E-state index is 12.0. The minimum Gasteiger partial charge on any atom is -0.339 e. The standard InChI is InChI=1S/C16H23N7O/c24-16(20-7-3-9-22-11-8-17-13-22)21-14-4-1-10-23(12-14)15-18-5-2-6-19-15/h2,5-6,8,11,13-14H,1,3-4,7,9-10,12H2,(H2,20,21,24)/t14-/m1/s1. The zero-order valence-electron chi connectivity index (χ0n) is 13.6. The van der Waals surface area contributed by atoms with Crippen LogP contribution in [-0.2, 0) is 6.54 Å². The van der Waals surface area contributed by atoms with Crippen molar-refractivity contribution in [1.29, 1.82) is 0 Å². The summed E-state index contributed by atoms with van der Waals surface area (Å²) in [6.45, 7) is 3.16. The molecular weight excluding hydrogens is 306 g/mol. The summed E-state index contributed by atoms with van der Waals surface area (Å²) in [6, 6.07) is 1.82. The van der Waals surface area contributed by atoms with Crippen LogP contribution in [0.5, 0.6) is 0 Å². The molecule has 2 amide bonds. The summed E-state index contributed by atoms with van der Waals surface area (Å²) in [6.07, 6.45) is 11.8. The van der Waals surface area contributed by atoms with Crippen molar-refractivity contribution >= 4 is 12.0 Å². The van der Waals surface area contributed by atoms with E-state index in [0.29, 0.717) is 6.54 Å². The van der Waals surface area contributed by atoms with E-state index in [1.54, 1.807) is 31.0 Å². The van der Waals surface area contributed by atoms with Crippen molar-refractivity contribution < 1.29 is 4.79 Å². The molecule has 2 aromatic heterocycles. The van der Waals surface area contributed by atoms with Gasteiger partial charge in [0.15, 0.2) is 0 Å². The van der Waals surface area contributed by atoms with E-state index in [2.05, 4.69) is 30.5 Å². The van der Waals surface area contributed by atoms with Gasteiger partial charge in [-0.2, -0.15) is 0 Å². The third kappa shape index (κ3) is 4.68. The van der Waals surface area contributed by atoms with E-state index in [0.717, 1.165) is 44.8 Å². The maximum atomic E-state index is 12.0. The average Bonchev–Trinajstić information content (AvgIpc) is 3.13. The molecule has 2 N–H and O–H groups in total. The lowest BCUT2D eigenvalue weighted by molar-refractivity contribution is 0.234. The highest BCUT2D eigenvalue weighted by Gasteiger charge is 2.22. The summed E-state index contributed by atoms with van der Waals surface area (Å²) in [5, 5.41) is 5.96. The number of aromatic nitrogens is 4. The first-order chi connectivity index (χ1) is 11.8. The smallest absolute Gasteiger partial charge is 0.315 e. The summed E-state index contributed by atoms with van der Waals surface area (Å²) < 4.78 is 2.00. The molecule has 0 aliphatic carbocycles. The molecule has 0 aromatic carbocycles. The Morgan fingerprint density at radius 3 is 2.96 bits per heavy atom. The Hall–Kier alpha value is -2.64. The van der Waals surface area contributed by atoms with Crippen molar-refractivity contribution in [2.24, 2.45) is 0 Å². The predicted molar refractivity (Wildman–Crippen MR) is 90.6 cm³/mol. The molecule has 1 saturated heterocycles. The number of piperidine rings is 1. The van der Waals surface area contributed by atoms with Crippen LogP contribution in [0.2, 0.25) is 0 Å². The van der Waals surface area contributed by atoms with Crippen molar-refractivity contribution in [3.63, 3.8) is 0 Å². The lowest BCUT2D eigenvalue weighted by Crippen LogP contribution is -2.51. The van der Waals surface area contributed by atoms with Gasteiger partial charge in [-0.1, -0.05) is 0 Å². The molecule has 0 radical (unpaired) electrons. The van der Waals surface area contributed by atoms with Crippen molar-refractivity contribution in [3.8, 4) is 0 Å². The predicted octanol–water partition coefficient (Wildman–Crippen LogP) is 1.03. The molecule has 2 aromatic rings. The summed E-state index contributed by atoms with van der Waals surface area (Å²) in [4.78, 5) is 26.7. The molecule has 128 valence electrons. The number of aryl methyl sites for hydroxylation is 1. The fourth-order valence-electron chi connectivity index (χ4n) is 2.85. The van der Waals surface area contributed by atoms with E-state index >= 15 is 0 Å². The van der Waals surface area contributed by atoms with Crippen molar-refractivity contribution in [2.45, 2.75) is 31.8 Å². The van der Waals surface area contributed by atoms with Crippen molar-refractivity contribution in [3.05, 3.63) is 37.2 Å². The fraction of sp³-hybridized carbons (Fsp3) is 0.500. The normalized spacial score (nSPS) is 17.5. The number of imidazole rings is 1. The Balaban J connectivity index is 1.38. The van der Waals surface area contributed by atoms with Crippen molar-refractivity contribution in [1.82, 2.24) is 30.2 Å². The van der Waals surface area contributed by atoms with E-state index in [1.807, 2.05) is 10.8 Å². The van der Waals surface area contributed by atoms with Crippen LogP contribution in [0.15, 0.2) is 37.2 Å². The Labute approximate surface area is 141 Å². The number of rotatable bonds is 6. The number of amides is 2. The highest BCUT2D eigenvalue weighted by molar-refractivity contribution is 5.74. The molecule has 1 aliphatic heterocycles. The maximum Gasteiger partial charge on any atom is 0.315 e. The molecular formula is C16H23N7O. The van der Waals surface area contributed by atoms with Gasteiger partial charge < -0.3 is 20.1 Å².